The minimum absolute atomic E-state index is 0.0363. The van der Waals surface area contributed by atoms with Crippen LogP contribution in [0.4, 0.5) is 24.7 Å². The van der Waals surface area contributed by atoms with Crippen molar-refractivity contribution in [2.45, 2.75) is 19.9 Å². The Morgan fingerprint density at radius 2 is 1.73 bits per heavy atom. The number of sulfonamides is 1. The highest BCUT2D eigenvalue weighted by molar-refractivity contribution is 7.92. The molecule has 2 aromatic carbocycles. The van der Waals surface area contributed by atoms with E-state index in [4.69, 9.17) is 0 Å². The number of amides is 1. The number of aryl methyl sites for hydroxylation is 1. The third-order valence-electron chi connectivity index (χ3n) is 7.66. The molecule has 0 radical (unpaired) electrons. The van der Waals surface area contributed by atoms with E-state index in [0.29, 0.717) is 5.56 Å². The number of carbonyl (C=O) groups is 1. The fourth-order valence-electron chi connectivity index (χ4n) is 5.39. The van der Waals surface area contributed by atoms with E-state index < -0.39 is 44.4 Å². The number of hydrogen-bond acceptors (Lipinski definition) is 7. The van der Waals surface area contributed by atoms with E-state index in [-0.39, 0.29) is 59.8 Å². The summed E-state index contributed by atoms with van der Waals surface area (Å²) in [7, 11) is -2.51. The first-order valence-electron chi connectivity index (χ1n) is 13.5. The largest absolute Gasteiger partial charge is 0.355 e. The summed E-state index contributed by atoms with van der Waals surface area (Å²) in [5.74, 6) is -3.41. The van der Waals surface area contributed by atoms with Gasteiger partial charge in [0, 0.05) is 32.7 Å². The number of pyridine rings is 1. The Kier molecular flexibility index (Phi) is 7.97. The molecule has 4 aromatic rings. The molecule has 5 rings (SSSR count). The van der Waals surface area contributed by atoms with Crippen LogP contribution in [-0.4, -0.2) is 72.7 Å². The molecule has 0 spiro atoms. The molecule has 1 aliphatic heterocycles. The Morgan fingerprint density at radius 3 is 2.34 bits per heavy atom. The number of carbonyl (C=O) groups excluding carboxylic acids is 1. The number of piperazine rings is 1. The van der Waals surface area contributed by atoms with Crippen LogP contribution in [-0.2, 0) is 14.8 Å². The predicted octanol–water partition coefficient (Wildman–Crippen LogP) is 3.79. The predicted molar refractivity (Wildman–Crippen MR) is 162 cm³/mol. The standard InChI is InChI=1S/C30H29F3N6O4S/c1-6-24(40)37-13-14-38(18(3)16-37)28-19-15-22(33)26(25-20(31)10-8-11-21(25)32)34-29(19)39(30(41)35-28)27-17(2)9-7-12-23(27)36(4)44(5,42)43/h6-12,15,18H,1,13-14,16H2,2-5H3/t18-/m0/s1. The first-order chi connectivity index (χ1) is 20.7. The molecule has 44 heavy (non-hydrogen) atoms. The maximum Gasteiger partial charge on any atom is 0.355 e. The average Bonchev–Trinajstić information content (AvgIpc) is 2.96. The monoisotopic (exact) mass is 626 g/mol. The minimum Gasteiger partial charge on any atom is -0.350 e. The summed E-state index contributed by atoms with van der Waals surface area (Å²) in [6.45, 7) is 7.70. The molecule has 1 aliphatic rings. The number of benzene rings is 2. The Balaban J connectivity index is 1.86. The maximum absolute atomic E-state index is 15.8. The molecule has 0 N–H and O–H groups in total. The van der Waals surface area contributed by atoms with Crippen molar-refractivity contribution < 1.29 is 26.4 Å². The maximum atomic E-state index is 15.8. The van der Waals surface area contributed by atoms with Crippen LogP contribution in [0.5, 0.6) is 0 Å². The van der Waals surface area contributed by atoms with Crippen LogP contribution in [0.2, 0.25) is 0 Å². The van der Waals surface area contributed by atoms with Gasteiger partial charge >= 0.3 is 5.69 Å². The van der Waals surface area contributed by atoms with Crippen molar-refractivity contribution in [1.82, 2.24) is 19.4 Å². The summed E-state index contributed by atoms with van der Waals surface area (Å²) < 4.78 is 72.7. The van der Waals surface area contributed by atoms with Crippen LogP contribution >= 0.6 is 0 Å². The number of para-hydroxylation sites is 1. The number of aromatic nitrogens is 3. The van der Waals surface area contributed by atoms with Gasteiger partial charge in [-0.3, -0.25) is 9.10 Å². The minimum atomic E-state index is -3.81. The Bertz CT molecular complexity index is 1980. The first kappa shape index (κ1) is 30.7. The molecular formula is C30H29F3N6O4S. The summed E-state index contributed by atoms with van der Waals surface area (Å²) in [5, 5.41) is 0.0363. The van der Waals surface area contributed by atoms with Crippen LogP contribution in [0.3, 0.4) is 0 Å². The van der Waals surface area contributed by atoms with Crippen molar-refractivity contribution in [3.05, 3.63) is 88.6 Å². The van der Waals surface area contributed by atoms with Gasteiger partial charge in [-0.2, -0.15) is 4.98 Å². The van der Waals surface area contributed by atoms with Crippen LogP contribution in [0, 0.1) is 24.4 Å². The zero-order valence-electron chi connectivity index (χ0n) is 24.4. The zero-order valence-corrected chi connectivity index (χ0v) is 25.2. The first-order valence-corrected chi connectivity index (χ1v) is 15.4. The third kappa shape index (κ3) is 5.29. The van der Waals surface area contributed by atoms with Crippen LogP contribution < -0.4 is 14.9 Å². The van der Waals surface area contributed by atoms with Crippen molar-refractivity contribution in [3.63, 3.8) is 0 Å². The molecule has 3 heterocycles. The second-order valence-electron chi connectivity index (χ2n) is 10.5. The van der Waals surface area contributed by atoms with Gasteiger partial charge < -0.3 is 9.80 Å². The van der Waals surface area contributed by atoms with E-state index in [9.17, 15) is 26.8 Å². The number of rotatable bonds is 6. The van der Waals surface area contributed by atoms with Crippen molar-refractivity contribution in [1.29, 1.82) is 0 Å². The van der Waals surface area contributed by atoms with Gasteiger partial charge in [-0.25, -0.2) is 35.9 Å². The Hall–Kier alpha value is -4.72. The quantitative estimate of drug-likeness (QED) is 0.300. The lowest BCUT2D eigenvalue weighted by Gasteiger charge is -2.40. The zero-order chi connectivity index (χ0) is 32.1. The fourth-order valence-corrected chi connectivity index (χ4v) is 5.90. The van der Waals surface area contributed by atoms with E-state index >= 15 is 4.39 Å². The number of halogens is 3. The number of hydrogen-bond donors (Lipinski definition) is 0. The Morgan fingerprint density at radius 1 is 1.07 bits per heavy atom. The van der Waals surface area contributed by atoms with Gasteiger partial charge in [0.25, 0.3) is 0 Å². The molecular weight excluding hydrogens is 597 g/mol. The molecule has 0 aliphatic carbocycles. The van der Waals surface area contributed by atoms with E-state index in [1.165, 1.54) is 19.2 Å². The lowest BCUT2D eigenvalue weighted by molar-refractivity contribution is -0.126. The Labute approximate surface area is 251 Å². The van der Waals surface area contributed by atoms with E-state index in [2.05, 4.69) is 16.5 Å². The van der Waals surface area contributed by atoms with Crippen molar-refractivity contribution in [3.8, 4) is 16.9 Å². The molecule has 1 saturated heterocycles. The molecule has 10 nitrogen and oxygen atoms in total. The fraction of sp³-hybridized carbons (Fsp3) is 0.267. The van der Waals surface area contributed by atoms with Crippen LogP contribution in [0.1, 0.15) is 12.5 Å². The average molecular weight is 627 g/mol. The lowest BCUT2D eigenvalue weighted by Crippen LogP contribution is -2.54. The van der Waals surface area contributed by atoms with E-state index in [1.807, 2.05) is 0 Å². The van der Waals surface area contributed by atoms with Crippen molar-refractivity contribution in [2.75, 3.05) is 42.1 Å². The van der Waals surface area contributed by atoms with Gasteiger partial charge in [0.1, 0.15) is 23.1 Å². The summed E-state index contributed by atoms with van der Waals surface area (Å²) >= 11 is 0. The highest BCUT2D eigenvalue weighted by atomic mass is 32.2. The van der Waals surface area contributed by atoms with E-state index in [1.54, 1.807) is 35.8 Å². The molecule has 0 unspecified atom stereocenters. The number of fused-ring (bicyclic) bond motifs is 1. The smallest absolute Gasteiger partial charge is 0.350 e. The molecule has 1 atom stereocenters. The van der Waals surface area contributed by atoms with Gasteiger partial charge in [0.05, 0.1) is 28.6 Å². The summed E-state index contributed by atoms with van der Waals surface area (Å²) in [4.78, 5) is 38.2. The van der Waals surface area contributed by atoms with Crippen LogP contribution in [0.25, 0.3) is 28.0 Å². The van der Waals surface area contributed by atoms with Gasteiger partial charge in [-0.15, -0.1) is 0 Å². The van der Waals surface area contributed by atoms with Gasteiger partial charge in [-0.05, 0) is 49.8 Å². The molecule has 0 bridgehead atoms. The SMILES string of the molecule is C=CC(=O)N1CCN(c2nc(=O)n(-c3c(C)cccc3N(C)S(C)(=O)=O)c3nc(-c4c(F)cccc4F)c(F)cc23)[C@@H](C)C1. The number of anilines is 2. The molecule has 1 amide bonds. The third-order valence-corrected chi connectivity index (χ3v) is 8.86. The number of nitrogens with zero attached hydrogens (tertiary/aromatic N) is 6. The van der Waals surface area contributed by atoms with Gasteiger partial charge in [0.2, 0.25) is 15.9 Å². The van der Waals surface area contributed by atoms with Gasteiger partial charge in [0.15, 0.2) is 11.5 Å². The second kappa shape index (κ2) is 11.4. The summed E-state index contributed by atoms with van der Waals surface area (Å²) in [6.07, 6.45) is 2.19. The van der Waals surface area contributed by atoms with Gasteiger partial charge in [-0.1, -0.05) is 24.8 Å². The van der Waals surface area contributed by atoms with E-state index in [0.717, 1.165) is 39.4 Å². The van der Waals surface area contributed by atoms with Crippen molar-refractivity contribution in [2.24, 2.45) is 0 Å². The normalized spacial score (nSPS) is 15.5. The second-order valence-corrected chi connectivity index (χ2v) is 12.6. The van der Waals surface area contributed by atoms with Crippen molar-refractivity contribution >= 4 is 38.5 Å². The molecule has 0 saturated carbocycles. The molecule has 14 heteroatoms. The summed E-state index contributed by atoms with van der Waals surface area (Å²) in [6, 6.07) is 8.40. The summed E-state index contributed by atoms with van der Waals surface area (Å²) in [5.41, 5.74) is -1.87. The molecule has 230 valence electrons. The molecule has 1 fully saturated rings. The lowest BCUT2D eigenvalue weighted by atomic mass is 10.1. The highest BCUT2D eigenvalue weighted by Gasteiger charge is 2.31. The van der Waals surface area contributed by atoms with Crippen LogP contribution in [0.15, 0.2) is 59.9 Å². The molecule has 2 aromatic heterocycles. The topological polar surface area (TPSA) is 109 Å². The highest BCUT2D eigenvalue weighted by Crippen LogP contribution is 2.35.